The van der Waals surface area contributed by atoms with E-state index in [1.807, 2.05) is 12.1 Å². The van der Waals surface area contributed by atoms with Gasteiger partial charge in [0.1, 0.15) is 14.4 Å². The Bertz CT molecular complexity index is 404. The molecule has 0 saturated carbocycles. The molecule has 0 amide bonds. The molecule has 2 heteroatoms. The Morgan fingerprint density at radius 3 is 2.32 bits per heavy atom. The van der Waals surface area contributed by atoms with Gasteiger partial charge < -0.3 is 0 Å². The van der Waals surface area contributed by atoms with Crippen molar-refractivity contribution < 1.29 is 4.79 Å². The van der Waals surface area contributed by atoms with Gasteiger partial charge in [0.25, 0.3) is 0 Å². The Morgan fingerprint density at radius 1 is 1.05 bits per heavy atom. The Hall–Kier alpha value is -1.15. The molecule has 1 aromatic carbocycles. The molecular formula is C17H26OSi. The van der Waals surface area contributed by atoms with Gasteiger partial charge in [-0.1, -0.05) is 80.5 Å². The van der Waals surface area contributed by atoms with E-state index in [1.165, 1.54) is 37.3 Å². The van der Waals surface area contributed by atoms with Crippen LogP contribution in [0.2, 0.25) is 13.1 Å². The van der Waals surface area contributed by atoms with E-state index in [4.69, 9.17) is 0 Å². The average Bonchev–Trinajstić information content (AvgIpc) is 2.43. The van der Waals surface area contributed by atoms with Crippen LogP contribution >= 0.6 is 0 Å². The number of unbranched alkanes of at least 4 members (excludes halogenated alkanes) is 4. The zero-order valence-electron chi connectivity index (χ0n) is 12.5. The van der Waals surface area contributed by atoms with E-state index in [0.29, 0.717) is 0 Å². The maximum Gasteiger partial charge on any atom is 0.150 e. The van der Waals surface area contributed by atoms with Crippen LogP contribution in [0.1, 0.15) is 49.4 Å². The van der Waals surface area contributed by atoms with Crippen LogP contribution in [-0.2, 0) is 0 Å². The fourth-order valence-electron chi connectivity index (χ4n) is 2.15. The predicted molar refractivity (Wildman–Crippen MR) is 86.8 cm³/mol. The van der Waals surface area contributed by atoms with Crippen LogP contribution in [0.4, 0.5) is 0 Å². The summed E-state index contributed by atoms with van der Waals surface area (Å²) in [6, 6.07) is 8.06. The lowest BCUT2D eigenvalue weighted by atomic mass is 10.2. The van der Waals surface area contributed by atoms with Crippen LogP contribution in [-0.4, -0.2) is 14.4 Å². The van der Waals surface area contributed by atoms with Gasteiger partial charge in [0.2, 0.25) is 0 Å². The molecule has 0 aliphatic heterocycles. The minimum Gasteiger partial charge on any atom is -0.298 e. The van der Waals surface area contributed by atoms with Crippen molar-refractivity contribution in [1.29, 1.82) is 0 Å². The Kier molecular flexibility index (Phi) is 6.78. The molecule has 0 aliphatic carbocycles. The van der Waals surface area contributed by atoms with E-state index in [9.17, 15) is 4.79 Å². The normalized spacial score (nSPS) is 11.9. The number of allylic oxidation sites excluding steroid dienone is 1. The molecule has 1 nitrogen and oxygen atoms in total. The van der Waals surface area contributed by atoms with Crippen LogP contribution in [0.5, 0.6) is 0 Å². The number of hydrogen-bond acceptors (Lipinski definition) is 1. The van der Waals surface area contributed by atoms with Gasteiger partial charge in [0.15, 0.2) is 0 Å². The van der Waals surface area contributed by atoms with Crippen LogP contribution in [0, 0.1) is 0 Å². The van der Waals surface area contributed by atoms with E-state index in [-0.39, 0.29) is 0 Å². The summed E-state index contributed by atoms with van der Waals surface area (Å²) in [4.78, 5) is 10.7. The minimum atomic E-state index is -1.48. The third-order valence-corrected chi connectivity index (χ3v) is 6.44. The average molecular weight is 274 g/mol. The van der Waals surface area contributed by atoms with E-state index >= 15 is 0 Å². The first-order valence-electron chi connectivity index (χ1n) is 7.33. The Labute approximate surface area is 118 Å². The highest BCUT2D eigenvalue weighted by molar-refractivity contribution is 6.93. The van der Waals surface area contributed by atoms with Crippen LogP contribution in [0.25, 0.3) is 0 Å². The van der Waals surface area contributed by atoms with Crippen molar-refractivity contribution in [2.24, 2.45) is 0 Å². The lowest BCUT2D eigenvalue weighted by Gasteiger charge is -2.18. The molecule has 0 atom stereocenters. The summed E-state index contributed by atoms with van der Waals surface area (Å²) in [7, 11) is -1.48. The van der Waals surface area contributed by atoms with Crippen LogP contribution in [0.15, 0.2) is 36.0 Å². The molecule has 0 fully saturated rings. The molecule has 0 heterocycles. The van der Waals surface area contributed by atoms with Crippen molar-refractivity contribution >= 4 is 19.5 Å². The monoisotopic (exact) mass is 274 g/mol. The molecule has 1 rings (SSSR count). The highest BCUT2D eigenvalue weighted by Crippen LogP contribution is 2.09. The van der Waals surface area contributed by atoms with E-state index in [2.05, 4.69) is 43.9 Å². The van der Waals surface area contributed by atoms with E-state index < -0.39 is 8.07 Å². The molecule has 1 aromatic rings. The highest BCUT2D eigenvalue weighted by Gasteiger charge is 2.19. The topological polar surface area (TPSA) is 17.1 Å². The number of rotatable bonds is 8. The molecule has 0 aliphatic rings. The summed E-state index contributed by atoms with van der Waals surface area (Å²) in [5.74, 6) is 0. The first-order valence-corrected chi connectivity index (χ1v) is 10.4. The maximum atomic E-state index is 10.7. The highest BCUT2D eigenvalue weighted by atomic mass is 28.3. The van der Waals surface area contributed by atoms with Gasteiger partial charge in [-0.3, -0.25) is 4.79 Å². The smallest absolute Gasteiger partial charge is 0.150 e. The summed E-state index contributed by atoms with van der Waals surface area (Å²) < 4.78 is 0. The number of carbonyl (C=O) groups is 1. The number of benzene rings is 1. The fraction of sp³-hybridized carbons (Fsp3) is 0.471. The Balaban J connectivity index is 2.53. The van der Waals surface area contributed by atoms with Gasteiger partial charge in [-0.05, 0) is 12.8 Å². The summed E-state index contributed by atoms with van der Waals surface area (Å²) in [5.41, 5.74) is 3.19. The molecule has 19 heavy (non-hydrogen) atoms. The molecule has 104 valence electrons. The van der Waals surface area contributed by atoms with Crippen molar-refractivity contribution in [2.45, 2.75) is 52.1 Å². The van der Waals surface area contributed by atoms with Gasteiger partial charge in [-0.2, -0.15) is 0 Å². The summed E-state index contributed by atoms with van der Waals surface area (Å²) >= 11 is 0. The molecule has 0 aromatic heterocycles. The fourth-order valence-corrected chi connectivity index (χ4v) is 4.13. The van der Waals surface area contributed by atoms with Gasteiger partial charge >= 0.3 is 0 Å². The van der Waals surface area contributed by atoms with Crippen molar-refractivity contribution in [2.75, 3.05) is 0 Å². The van der Waals surface area contributed by atoms with Crippen LogP contribution < -0.4 is 5.19 Å². The quantitative estimate of drug-likeness (QED) is 0.388. The van der Waals surface area contributed by atoms with Gasteiger partial charge in [-0.15, -0.1) is 0 Å². The second kappa shape index (κ2) is 8.11. The number of carbonyl (C=O) groups excluding carboxylic acids is 1. The van der Waals surface area contributed by atoms with Crippen LogP contribution in [0.3, 0.4) is 0 Å². The molecular weight excluding hydrogens is 248 g/mol. The maximum absolute atomic E-state index is 10.7. The Morgan fingerprint density at radius 2 is 1.74 bits per heavy atom. The first kappa shape index (κ1) is 15.9. The third-order valence-electron chi connectivity index (χ3n) is 3.55. The van der Waals surface area contributed by atoms with E-state index in [1.54, 1.807) is 0 Å². The van der Waals surface area contributed by atoms with Gasteiger partial charge in [0, 0.05) is 5.56 Å². The van der Waals surface area contributed by atoms with Crippen molar-refractivity contribution in [3.8, 4) is 0 Å². The van der Waals surface area contributed by atoms with Crippen molar-refractivity contribution in [3.63, 3.8) is 0 Å². The second-order valence-corrected chi connectivity index (χ2v) is 10.1. The lowest BCUT2D eigenvalue weighted by Crippen LogP contribution is -2.39. The molecule has 0 saturated heterocycles. The van der Waals surface area contributed by atoms with Gasteiger partial charge in [-0.25, -0.2) is 0 Å². The summed E-state index contributed by atoms with van der Waals surface area (Å²) in [5, 5.41) is 1.39. The molecule has 0 N–H and O–H groups in total. The molecule has 0 radical (unpaired) electrons. The third kappa shape index (κ3) is 5.56. The van der Waals surface area contributed by atoms with Gasteiger partial charge in [0.05, 0.1) is 0 Å². The minimum absolute atomic E-state index is 0.761. The zero-order valence-corrected chi connectivity index (χ0v) is 13.5. The second-order valence-electron chi connectivity index (χ2n) is 5.71. The SMILES string of the molecule is CCCCCC/C=C/[Si](C)(C)c1ccc(C=O)cc1. The predicted octanol–water partition coefficient (Wildman–Crippen LogP) is 4.48. The van der Waals surface area contributed by atoms with Crippen molar-refractivity contribution in [1.82, 2.24) is 0 Å². The number of aldehydes is 1. The molecule has 0 unspecified atom stereocenters. The number of hydrogen-bond donors (Lipinski definition) is 0. The molecule has 0 bridgehead atoms. The first-order chi connectivity index (χ1) is 9.10. The summed E-state index contributed by atoms with van der Waals surface area (Å²) in [6.07, 6.45) is 9.75. The zero-order chi connectivity index (χ0) is 14.1. The molecule has 0 spiro atoms. The van der Waals surface area contributed by atoms with E-state index in [0.717, 1.165) is 11.8 Å². The standard InChI is InChI=1S/C17H26OSi/c1-4-5-6-7-8-9-14-19(2,3)17-12-10-16(15-18)11-13-17/h9-15H,4-8H2,1-3H3/b14-9+. The largest absolute Gasteiger partial charge is 0.298 e. The summed E-state index contributed by atoms with van der Waals surface area (Å²) in [6.45, 7) is 6.95. The van der Waals surface area contributed by atoms with Crippen molar-refractivity contribution in [3.05, 3.63) is 41.6 Å². The lowest BCUT2D eigenvalue weighted by molar-refractivity contribution is 0.112.